The second-order valence-electron chi connectivity index (χ2n) is 6.68. The van der Waals surface area contributed by atoms with Gasteiger partial charge in [0.05, 0.1) is 18.8 Å². The first-order valence-corrected chi connectivity index (χ1v) is 7.50. The second kappa shape index (κ2) is 5.49. The van der Waals surface area contributed by atoms with Crippen LogP contribution in [0.1, 0.15) is 46.0 Å². The first kappa shape index (κ1) is 15.5. The van der Waals surface area contributed by atoms with E-state index in [-0.39, 0.29) is 11.5 Å². The Labute approximate surface area is 126 Å². The molecule has 1 aromatic rings. The third-order valence-corrected chi connectivity index (χ3v) is 3.98. The lowest BCUT2D eigenvalue weighted by Gasteiger charge is -2.38. The minimum atomic E-state index is -0.118. The van der Waals surface area contributed by atoms with E-state index in [0.717, 1.165) is 23.8 Å². The number of hydrogen-bond acceptors (Lipinski definition) is 4. The number of anilines is 1. The van der Waals surface area contributed by atoms with E-state index in [1.54, 1.807) is 0 Å². The van der Waals surface area contributed by atoms with Crippen LogP contribution in [0.15, 0.2) is 0 Å². The van der Waals surface area contributed by atoms with Gasteiger partial charge in [0.1, 0.15) is 16.8 Å². The number of rotatable bonds is 1. The molecular formula is C15H24ClN3O. The average Bonchev–Trinajstić information content (AvgIpc) is 2.34. The third-order valence-electron chi connectivity index (χ3n) is 3.61. The van der Waals surface area contributed by atoms with Crippen molar-refractivity contribution in [3.8, 4) is 0 Å². The average molecular weight is 298 g/mol. The van der Waals surface area contributed by atoms with E-state index in [9.17, 15) is 0 Å². The van der Waals surface area contributed by atoms with Crippen LogP contribution in [0.3, 0.4) is 0 Å². The molecule has 1 aliphatic rings. The van der Waals surface area contributed by atoms with Crippen molar-refractivity contribution in [2.24, 2.45) is 0 Å². The highest BCUT2D eigenvalue weighted by Crippen LogP contribution is 2.30. The number of ether oxygens (including phenoxy) is 1. The normalized spacial score (nSPS) is 24.1. The lowest BCUT2D eigenvalue weighted by atomic mass is 9.95. The van der Waals surface area contributed by atoms with Crippen molar-refractivity contribution < 1.29 is 4.74 Å². The molecule has 0 aliphatic carbocycles. The maximum Gasteiger partial charge on any atom is 0.137 e. The van der Waals surface area contributed by atoms with Gasteiger partial charge in [0.15, 0.2) is 0 Å². The Morgan fingerprint density at radius 3 is 2.50 bits per heavy atom. The first-order valence-electron chi connectivity index (χ1n) is 7.13. The van der Waals surface area contributed by atoms with Gasteiger partial charge in [0.2, 0.25) is 0 Å². The van der Waals surface area contributed by atoms with Crippen LogP contribution in [0.25, 0.3) is 0 Å². The molecule has 2 atom stereocenters. The molecule has 112 valence electrons. The van der Waals surface area contributed by atoms with Crippen LogP contribution in [0.2, 0.25) is 5.15 Å². The molecule has 1 aliphatic heterocycles. The monoisotopic (exact) mass is 297 g/mol. The molecule has 0 N–H and O–H groups in total. The van der Waals surface area contributed by atoms with Crippen molar-refractivity contribution in [3.63, 3.8) is 0 Å². The summed E-state index contributed by atoms with van der Waals surface area (Å²) in [6.07, 6.45) is 0.206. The van der Waals surface area contributed by atoms with E-state index < -0.39 is 0 Å². The van der Waals surface area contributed by atoms with Crippen LogP contribution in [0.5, 0.6) is 0 Å². The molecule has 5 heteroatoms. The molecule has 20 heavy (non-hydrogen) atoms. The van der Waals surface area contributed by atoms with Crippen LogP contribution in [0, 0.1) is 6.92 Å². The first-order chi connectivity index (χ1) is 9.20. The summed E-state index contributed by atoms with van der Waals surface area (Å²) >= 11 is 6.32. The van der Waals surface area contributed by atoms with E-state index >= 15 is 0 Å². The number of hydrogen-bond donors (Lipinski definition) is 0. The summed E-state index contributed by atoms with van der Waals surface area (Å²) in [5.74, 6) is 1.73. The number of nitrogens with zero attached hydrogens (tertiary/aromatic N) is 3. The van der Waals surface area contributed by atoms with Gasteiger partial charge in [-0.3, -0.25) is 0 Å². The van der Waals surface area contributed by atoms with Gasteiger partial charge in [-0.2, -0.15) is 0 Å². The highest BCUT2D eigenvalue weighted by molar-refractivity contribution is 6.30. The van der Waals surface area contributed by atoms with Crippen LogP contribution >= 0.6 is 11.6 Å². The van der Waals surface area contributed by atoms with Gasteiger partial charge in [-0.25, -0.2) is 9.97 Å². The van der Waals surface area contributed by atoms with E-state index in [1.807, 2.05) is 6.92 Å². The van der Waals surface area contributed by atoms with Crippen molar-refractivity contribution in [1.82, 2.24) is 9.97 Å². The lowest BCUT2D eigenvalue weighted by molar-refractivity contribution is 0.0339. The van der Waals surface area contributed by atoms with E-state index in [2.05, 4.69) is 44.5 Å². The molecule has 0 amide bonds. The maximum atomic E-state index is 6.32. The second-order valence-corrected chi connectivity index (χ2v) is 7.04. The van der Waals surface area contributed by atoms with E-state index in [0.29, 0.717) is 17.8 Å². The van der Waals surface area contributed by atoms with E-state index in [4.69, 9.17) is 21.3 Å². The molecule has 2 unspecified atom stereocenters. The molecule has 0 radical (unpaired) electrons. The molecule has 0 saturated carbocycles. The molecule has 4 nitrogen and oxygen atoms in total. The van der Waals surface area contributed by atoms with Gasteiger partial charge in [0.25, 0.3) is 0 Å². The predicted octanol–water partition coefficient (Wildman–Crippen LogP) is 3.35. The fourth-order valence-corrected chi connectivity index (χ4v) is 2.46. The Morgan fingerprint density at radius 1 is 1.25 bits per heavy atom. The minimum Gasteiger partial charge on any atom is -0.375 e. The summed E-state index contributed by atoms with van der Waals surface area (Å²) < 4.78 is 5.69. The van der Waals surface area contributed by atoms with Crippen LogP contribution in [-0.2, 0) is 10.2 Å². The summed E-state index contributed by atoms with van der Waals surface area (Å²) in [6.45, 7) is 14.1. The number of aromatic nitrogens is 2. The Hall–Kier alpha value is -0.870. The molecular weight excluding hydrogens is 274 g/mol. The van der Waals surface area contributed by atoms with Gasteiger partial charge < -0.3 is 9.64 Å². The third kappa shape index (κ3) is 3.07. The summed E-state index contributed by atoms with van der Waals surface area (Å²) in [4.78, 5) is 11.5. The number of morpholine rings is 1. The van der Waals surface area contributed by atoms with Gasteiger partial charge in [0, 0.05) is 17.5 Å². The van der Waals surface area contributed by atoms with Crippen molar-refractivity contribution >= 4 is 17.4 Å². The topological polar surface area (TPSA) is 38.2 Å². The molecule has 1 fully saturated rings. The van der Waals surface area contributed by atoms with Crippen molar-refractivity contribution in [2.75, 3.05) is 18.1 Å². The summed E-state index contributed by atoms with van der Waals surface area (Å²) in [7, 11) is 0. The van der Waals surface area contributed by atoms with Gasteiger partial charge in [-0.1, -0.05) is 32.4 Å². The van der Waals surface area contributed by atoms with Crippen LogP contribution < -0.4 is 4.90 Å². The standard InChI is InChI=1S/C15H24ClN3O/c1-9-8-20-10(2)7-19(9)13-11(3)12(16)17-14(18-13)15(4,5)6/h9-10H,7-8H2,1-6H3. The summed E-state index contributed by atoms with van der Waals surface area (Å²) in [5, 5.41) is 0.547. The molecule has 2 rings (SSSR count). The zero-order valence-electron chi connectivity index (χ0n) is 13.2. The molecule has 0 bridgehead atoms. The maximum absolute atomic E-state index is 6.32. The fraction of sp³-hybridized carbons (Fsp3) is 0.733. The summed E-state index contributed by atoms with van der Waals surface area (Å²) in [5.41, 5.74) is 0.827. The fourth-order valence-electron chi connectivity index (χ4n) is 2.29. The Morgan fingerprint density at radius 2 is 1.90 bits per heavy atom. The molecule has 0 spiro atoms. The zero-order chi connectivity index (χ0) is 15.1. The Balaban J connectivity index is 2.47. The largest absolute Gasteiger partial charge is 0.375 e. The van der Waals surface area contributed by atoms with Crippen molar-refractivity contribution in [2.45, 2.75) is 59.1 Å². The highest BCUT2D eigenvalue weighted by Gasteiger charge is 2.28. The van der Waals surface area contributed by atoms with Crippen LogP contribution in [0.4, 0.5) is 5.82 Å². The Kier molecular flexibility index (Phi) is 4.26. The Bertz CT molecular complexity index is 499. The molecule has 1 saturated heterocycles. The van der Waals surface area contributed by atoms with E-state index in [1.165, 1.54) is 0 Å². The van der Waals surface area contributed by atoms with Crippen molar-refractivity contribution in [3.05, 3.63) is 16.5 Å². The predicted molar refractivity (Wildman–Crippen MR) is 82.7 cm³/mol. The smallest absolute Gasteiger partial charge is 0.137 e. The van der Waals surface area contributed by atoms with Crippen LogP contribution in [-0.4, -0.2) is 35.3 Å². The SMILES string of the molecule is Cc1c(Cl)nc(C(C)(C)C)nc1N1CC(C)OCC1C. The quantitative estimate of drug-likeness (QED) is 0.745. The van der Waals surface area contributed by atoms with Crippen molar-refractivity contribution in [1.29, 1.82) is 0 Å². The van der Waals surface area contributed by atoms with Gasteiger partial charge in [-0.15, -0.1) is 0 Å². The zero-order valence-corrected chi connectivity index (χ0v) is 14.0. The number of halogens is 1. The lowest BCUT2D eigenvalue weighted by Crippen LogP contribution is -2.48. The minimum absolute atomic E-state index is 0.118. The summed E-state index contributed by atoms with van der Waals surface area (Å²) in [6, 6.07) is 0.295. The van der Waals surface area contributed by atoms with Gasteiger partial charge >= 0.3 is 0 Å². The molecule has 2 heterocycles. The van der Waals surface area contributed by atoms with Gasteiger partial charge in [-0.05, 0) is 20.8 Å². The highest BCUT2D eigenvalue weighted by atomic mass is 35.5. The molecule has 1 aromatic heterocycles. The molecule has 0 aromatic carbocycles.